The van der Waals surface area contributed by atoms with E-state index in [4.69, 9.17) is 4.52 Å². The maximum atomic E-state index is 12.2. The number of rotatable bonds is 7. The molecule has 0 fully saturated rings. The molecule has 1 N–H and O–H groups in total. The summed E-state index contributed by atoms with van der Waals surface area (Å²) in [4.78, 5) is 17.6. The van der Waals surface area contributed by atoms with Crippen molar-refractivity contribution in [2.45, 2.75) is 52.5 Å². The lowest BCUT2D eigenvalue weighted by Gasteiger charge is -2.21. The van der Waals surface area contributed by atoms with Gasteiger partial charge in [0.05, 0.1) is 6.04 Å². The van der Waals surface area contributed by atoms with Crippen LogP contribution in [0.25, 0.3) is 0 Å². The molecule has 120 valence electrons. The molecule has 5 nitrogen and oxygen atoms in total. The van der Waals surface area contributed by atoms with E-state index in [2.05, 4.69) is 35.4 Å². The molecule has 1 atom stereocenters. The Morgan fingerprint density at radius 1 is 1.36 bits per heavy atom. The fourth-order valence-corrected chi connectivity index (χ4v) is 3.05. The zero-order chi connectivity index (χ0) is 16.1. The van der Waals surface area contributed by atoms with Crippen LogP contribution in [-0.4, -0.2) is 16.0 Å². The van der Waals surface area contributed by atoms with Crippen LogP contribution < -0.4 is 5.32 Å². The summed E-state index contributed by atoms with van der Waals surface area (Å²) >= 11 is 1.67. The first-order chi connectivity index (χ1) is 10.5. The molecule has 0 aliphatic rings. The van der Waals surface area contributed by atoms with Gasteiger partial charge in [0.25, 0.3) is 0 Å². The van der Waals surface area contributed by atoms with Crippen LogP contribution in [0, 0.1) is 5.92 Å². The second-order valence-corrected chi connectivity index (χ2v) is 6.98. The first kappa shape index (κ1) is 16.7. The minimum absolute atomic E-state index is 0.0106. The van der Waals surface area contributed by atoms with E-state index >= 15 is 0 Å². The molecule has 2 aromatic rings. The van der Waals surface area contributed by atoms with Crippen molar-refractivity contribution in [2.75, 3.05) is 0 Å². The summed E-state index contributed by atoms with van der Waals surface area (Å²) in [5.41, 5.74) is 0. The third-order valence-corrected chi connectivity index (χ3v) is 4.35. The van der Waals surface area contributed by atoms with E-state index in [1.54, 1.807) is 11.3 Å². The van der Waals surface area contributed by atoms with Gasteiger partial charge in [0.2, 0.25) is 11.8 Å². The monoisotopic (exact) mass is 321 g/mol. The predicted octanol–water partition coefficient (Wildman–Crippen LogP) is 3.70. The number of thiophene rings is 1. The van der Waals surface area contributed by atoms with E-state index in [1.165, 1.54) is 4.88 Å². The van der Waals surface area contributed by atoms with Crippen LogP contribution in [0.2, 0.25) is 0 Å². The highest BCUT2D eigenvalue weighted by Gasteiger charge is 2.19. The second kappa shape index (κ2) is 7.54. The molecule has 0 radical (unpaired) electrons. The molecular weight excluding hydrogens is 298 g/mol. The molecule has 0 spiro atoms. The first-order valence-electron chi connectivity index (χ1n) is 7.62. The molecule has 0 aliphatic heterocycles. The number of amides is 1. The molecule has 2 heterocycles. The predicted molar refractivity (Wildman–Crippen MR) is 86.7 cm³/mol. The first-order valence-corrected chi connectivity index (χ1v) is 8.50. The van der Waals surface area contributed by atoms with E-state index < -0.39 is 0 Å². The molecular formula is C16H23N3O2S. The van der Waals surface area contributed by atoms with Crippen LogP contribution in [0.4, 0.5) is 0 Å². The molecule has 6 heteroatoms. The highest BCUT2D eigenvalue weighted by atomic mass is 32.1. The van der Waals surface area contributed by atoms with E-state index in [9.17, 15) is 4.79 Å². The van der Waals surface area contributed by atoms with Crippen molar-refractivity contribution in [3.63, 3.8) is 0 Å². The lowest BCUT2D eigenvalue weighted by atomic mass is 10.0. The third-order valence-electron chi connectivity index (χ3n) is 3.40. The van der Waals surface area contributed by atoms with Crippen LogP contribution in [0.5, 0.6) is 0 Å². The summed E-state index contributed by atoms with van der Waals surface area (Å²) in [7, 11) is 0. The molecule has 1 unspecified atom stereocenters. The molecule has 0 saturated heterocycles. The minimum Gasteiger partial charge on any atom is -0.348 e. The van der Waals surface area contributed by atoms with Crippen LogP contribution >= 0.6 is 11.3 Å². The number of hydrogen-bond donors (Lipinski definition) is 1. The molecule has 2 aromatic heterocycles. The molecule has 0 saturated carbocycles. The lowest BCUT2D eigenvalue weighted by molar-refractivity contribution is -0.122. The Bertz CT molecular complexity index is 590. The number of nitrogens with one attached hydrogen (secondary N) is 1. The average Bonchev–Trinajstić information content (AvgIpc) is 3.13. The van der Waals surface area contributed by atoms with Crippen molar-refractivity contribution in [3.05, 3.63) is 34.1 Å². The van der Waals surface area contributed by atoms with Crippen LogP contribution in [0.1, 0.15) is 62.7 Å². The Balaban J connectivity index is 1.88. The maximum Gasteiger partial charge on any atom is 0.227 e. The second-order valence-electron chi connectivity index (χ2n) is 6.01. The fraction of sp³-hybridized carbons (Fsp3) is 0.562. The van der Waals surface area contributed by atoms with Crippen molar-refractivity contribution >= 4 is 17.2 Å². The van der Waals surface area contributed by atoms with E-state index in [0.717, 1.165) is 0 Å². The summed E-state index contributed by atoms with van der Waals surface area (Å²) in [5.74, 6) is 1.80. The van der Waals surface area contributed by atoms with Gasteiger partial charge in [-0.2, -0.15) is 4.98 Å². The smallest absolute Gasteiger partial charge is 0.227 e. The van der Waals surface area contributed by atoms with Gasteiger partial charge in [-0.05, 0) is 17.4 Å². The SMILES string of the molecule is CC(C)c1noc(CCC(=O)NC(c2cccs2)C(C)C)n1. The van der Waals surface area contributed by atoms with Crippen LogP contribution in [-0.2, 0) is 11.2 Å². The number of aryl methyl sites for hydroxylation is 1. The topological polar surface area (TPSA) is 68.0 Å². The van der Waals surface area contributed by atoms with Gasteiger partial charge in [-0.3, -0.25) is 4.79 Å². The Hall–Kier alpha value is -1.69. The van der Waals surface area contributed by atoms with Crippen molar-refractivity contribution in [3.8, 4) is 0 Å². The summed E-state index contributed by atoms with van der Waals surface area (Å²) in [6, 6.07) is 4.12. The largest absolute Gasteiger partial charge is 0.348 e. The van der Waals surface area contributed by atoms with Crippen LogP contribution in [0.3, 0.4) is 0 Å². The standard InChI is InChI=1S/C16H23N3O2S/c1-10(2)15(12-6-5-9-22-12)17-13(20)7-8-14-18-16(11(3)4)19-21-14/h5-6,9-11,15H,7-8H2,1-4H3,(H,17,20). The number of carbonyl (C=O) groups excluding carboxylic acids is 1. The Morgan fingerprint density at radius 2 is 2.14 bits per heavy atom. The van der Waals surface area contributed by atoms with Crippen molar-refractivity contribution in [1.29, 1.82) is 0 Å². The van der Waals surface area contributed by atoms with E-state index in [-0.39, 0.29) is 17.9 Å². The maximum absolute atomic E-state index is 12.2. The molecule has 0 bridgehead atoms. The highest BCUT2D eigenvalue weighted by molar-refractivity contribution is 7.10. The van der Waals surface area contributed by atoms with E-state index in [1.807, 2.05) is 25.3 Å². The van der Waals surface area contributed by atoms with Crippen molar-refractivity contribution < 1.29 is 9.32 Å². The average molecular weight is 321 g/mol. The van der Waals surface area contributed by atoms with E-state index in [0.29, 0.717) is 30.5 Å². The molecule has 22 heavy (non-hydrogen) atoms. The molecule has 2 rings (SSSR count). The molecule has 0 aromatic carbocycles. The number of aromatic nitrogens is 2. The number of hydrogen-bond acceptors (Lipinski definition) is 5. The normalized spacial score (nSPS) is 12.8. The van der Waals surface area contributed by atoms with Crippen molar-refractivity contribution in [2.24, 2.45) is 5.92 Å². The Labute approximate surface area is 135 Å². The van der Waals surface area contributed by atoms with Crippen LogP contribution in [0.15, 0.2) is 22.0 Å². The zero-order valence-corrected chi connectivity index (χ0v) is 14.3. The van der Waals surface area contributed by atoms with Gasteiger partial charge in [0.1, 0.15) is 0 Å². The summed E-state index contributed by atoms with van der Waals surface area (Å²) < 4.78 is 5.16. The van der Waals surface area contributed by atoms with Gasteiger partial charge in [-0.25, -0.2) is 0 Å². The number of nitrogens with zero attached hydrogens (tertiary/aromatic N) is 2. The fourth-order valence-electron chi connectivity index (χ4n) is 2.10. The van der Waals surface area contributed by atoms with Gasteiger partial charge in [-0.1, -0.05) is 38.9 Å². The summed E-state index contributed by atoms with van der Waals surface area (Å²) in [6.07, 6.45) is 0.829. The molecule has 0 aliphatic carbocycles. The lowest BCUT2D eigenvalue weighted by Crippen LogP contribution is -2.31. The van der Waals surface area contributed by atoms with Gasteiger partial charge in [0, 0.05) is 23.6 Å². The Morgan fingerprint density at radius 3 is 2.68 bits per heavy atom. The van der Waals surface area contributed by atoms with Crippen molar-refractivity contribution in [1.82, 2.24) is 15.5 Å². The third kappa shape index (κ3) is 4.40. The zero-order valence-electron chi connectivity index (χ0n) is 13.5. The van der Waals surface area contributed by atoms with Gasteiger partial charge < -0.3 is 9.84 Å². The molecule has 1 amide bonds. The summed E-state index contributed by atoms with van der Waals surface area (Å²) in [6.45, 7) is 8.24. The minimum atomic E-state index is 0.0106. The van der Waals surface area contributed by atoms with Gasteiger partial charge in [0.15, 0.2) is 5.82 Å². The quantitative estimate of drug-likeness (QED) is 0.844. The number of carbonyl (C=O) groups is 1. The Kier molecular flexibility index (Phi) is 5.71. The van der Waals surface area contributed by atoms with Gasteiger partial charge >= 0.3 is 0 Å². The summed E-state index contributed by atoms with van der Waals surface area (Å²) in [5, 5.41) is 9.04. The van der Waals surface area contributed by atoms with Gasteiger partial charge in [-0.15, -0.1) is 11.3 Å². The highest BCUT2D eigenvalue weighted by Crippen LogP contribution is 2.25.